The van der Waals surface area contributed by atoms with Crippen LogP contribution in [0.2, 0.25) is 0 Å². The molecular formula is C39H40F3N2O5P. The van der Waals surface area contributed by atoms with Gasteiger partial charge in [-0.25, -0.2) is 0 Å². The number of amides is 2. The summed E-state index contributed by atoms with van der Waals surface area (Å²) < 4.78 is 57.5. The molecule has 0 aromatic heterocycles. The fourth-order valence-corrected chi connectivity index (χ4v) is 8.05. The highest BCUT2D eigenvalue weighted by molar-refractivity contribution is 7.47. The first-order chi connectivity index (χ1) is 24.2. The molecule has 0 unspecified atom stereocenters. The molecule has 2 amide bonds. The van der Waals surface area contributed by atoms with E-state index < -0.39 is 25.5 Å². The lowest BCUT2D eigenvalue weighted by molar-refractivity contribution is -0.137. The van der Waals surface area contributed by atoms with Crippen molar-refractivity contribution in [2.75, 3.05) is 25.9 Å². The highest BCUT2D eigenvalue weighted by Crippen LogP contribution is 2.51. The van der Waals surface area contributed by atoms with Crippen molar-refractivity contribution in [1.29, 1.82) is 0 Å². The van der Waals surface area contributed by atoms with E-state index in [2.05, 4.69) is 17.6 Å². The molecule has 0 radical (unpaired) electrons. The van der Waals surface area contributed by atoms with Crippen LogP contribution in [0.4, 0.5) is 13.2 Å². The van der Waals surface area contributed by atoms with Crippen molar-refractivity contribution in [2.45, 2.75) is 56.7 Å². The van der Waals surface area contributed by atoms with Crippen molar-refractivity contribution in [3.8, 4) is 22.6 Å². The van der Waals surface area contributed by atoms with Crippen LogP contribution in [-0.4, -0.2) is 43.8 Å². The van der Waals surface area contributed by atoms with Crippen LogP contribution >= 0.6 is 8.38 Å². The number of benzene rings is 4. The van der Waals surface area contributed by atoms with Crippen LogP contribution in [0.5, 0.6) is 11.5 Å². The zero-order chi connectivity index (χ0) is 35.1. The van der Waals surface area contributed by atoms with Gasteiger partial charge in [0.05, 0.1) is 24.8 Å². The van der Waals surface area contributed by atoms with E-state index in [0.29, 0.717) is 47.3 Å². The van der Waals surface area contributed by atoms with E-state index in [0.717, 1.165) is 48.9 Å². The Hall–Kier alpha value is -4.24. The molecule has 0 atom stereocenters. The third-order valence-corrected chi connectivity index (χ3v) is 10.7. The topological polar surface area (TPSA) is 85.9 Å². The summed E-state index contributed by atoms with van der Waals surface area (Å²) in [5, 5.41) is 6.16. The fourth-order valence-electron chi connectivity index (χ4n) is 6.55. The summed E-state index contributed by atoms with van der Waals surface area (Å²) in [4.78, 5) is 27.4. The Balaban J connectivity index is 1.05. The molecule has 0 saturated carbocycles. The molecule has 6 rings (SSSR count). The first-order valence-corrected chi connectivity index (χ1v) is 18.3. The lowest BCUT2D eigenvalue weighted by Gasteiger charge is -2.39. The van der Waals surface area contributed by atoms with E-state index in [1.807, 2.05) is 48.5 Å². The molecular weight excluding hydrogens is 664 g/mol. The first kappa shape index (κ1) is 35.6. The molecule has 262 valence electrons. The van der Waals surface area contributed by atoms with Gasteiger partial charge in [-0.3, -0.25) is 9.59 Å². The number of unbranched alkanes of at least 4 members (excludes halogenated alkanes) is 2. The largest absolute Gasteiger partial charge is 0.457 e. The molecule has 2 aliphatic rings. The third kappa shape index (κ3) is 7.73. The van der Waals surface area contributed by atoms with Crippen molar-refractivity contribution in [2.24, 2.45) is 0 Å². The molecule has 2 N–H and O–H groups in total. The van der Waals surface area contributed by atoms with Gasteiger partial charge in [-0.2, -0.15) is 13.2 Å². The predicted octanol–water partition coefficient (Wildman–Crippen LogP) is 9.01. The Morgan fingerprint density at radius 2 is 1.44 bits per heavy atom. The van der Waals surface area contributed by atoms with Crippen molar-refractivity contribution >= 4 is 20.2 Å². The smallest absolute Gasteiger partial charge is 0.416 e. The molecule has 1 saturated heterocycles. The van der Waals surface area contributed by atoms with Crippen LogP contribution in [0.1, 0.15) is 66.1 Å². The van der Waals surface area contributed by atoms with Gasteiger partial charge in [0.15, 0.2) is 8.38 Å². The number of ether oxygens (including phenoxy) is 1. The maximum absolute atomic E-state index is 14.1. The maximum Gasteiger partial charge on any atom is 0.416 e. The highest BCUT2D eigenvalue weighted by Gasteiger charge is 2.47. The van der Waals surface area contributed by atoms with Crippen LogP contribution in [-0.2, 0) is 25.4 Å². The summed E-state index contributed by atoms with van der Waals surface area (Å²) in [7, 11) is -1.18. The number of hydrogen-bond acceptors (Lipinski definition) is 5. The number of halogens is 3. The first-order valence-electron chi connectivity index (χ1n) is 17.0. The van der Waals surface area contributed by atoms with Crippen molar-refractivity contribution in [1.82, 2.24) is 10.6 Å². The highest BCUT2D eigenvalue weighted by atomic mass is 31.2. The summed E-state index contributed by atoms with van der Waals surface area (Å²) in [6.45, 7) is 3.26. The van der Waals surface area contributed by atoms with E-state index in [1.54, 1.807) is 24.3 Å². The van der Waals surface area contributed by atoms with Gasteiger partial charge in [-0.1, -0.05) is 86.5 Å². The Morgan fingerprint density at radius 3 is 2.08 bits per heavy atom. The number of alkyl halides is 3. The Morgan fingerprint density at radius 1 is 0.820 bits per heavy atom. The number of rotatable bonds is 12. The molecule has 2 heterocycles. The molecule has 1 fully saturated rings. The third-order valence-electron chi connectivity index (χ3n) is 9.13. The van der Waals surface area contributed by atoms with Crippen LogP contribution in [0.25, 0.3) is 11.1 Å². The van der Waals surface area contributed by atoms with E-state index >= 15 is 0 Å². The van der Waals surface area contributed by atoms with Gasteiger partial charge in [0.2, 0.25) is 5.91 Å². The average Bonchev–Trinajstić information content (AvgIpc) is 3.13. The normalized spacial score (nSPS) is 17.9. The minimum Gasteiger partial charge on any atom is -0.457 e. The lowest BCUT2D eigenvalue weighted by Crippen LogP contribution is -2.47. The number of carbonyl (C=O) groups excluding carboxylic acids is 2. The summed E-state index contributed by atoms with van der Waals surface area (Å²) in [6.07, 6.45) is 0.227. The molecule has 4 aromatic carbocycles. The minimum atomic E-state index is -4.44. The Bertz CT molecular complexity index is 1750. The van der Waals surface area contributed by atoms with Crippen LogP contribution in [0.3, 0.4) is 0 Å². The molecule has 2 aliphatic heterocycles. The van der Waals surface area contributed by atoms with Gasteiger partial charge in [-0.15, -0.1) is 0 Å². The fraction of sp³-hybridized carbons (Fsp3) is 0.333. The second-order valence-corrected chi connectivity index (χ2v) is 14.1. The second kappa shape index (κ2) is 15.8. The van der Waals surface area contributed by atoms with Crippen molar-refractivity contribution < 1.29 is 36.5 Å². The Labute approximate surface area is 291 Å². The molecule has 7 nitrogen and oxygen atoms in total. The number of fused-ring (bicyclic) bond motifs is 2. The zero-order valence-electron chi connectivity index (χ0n) is 27.8. The monoisotopic (exact) mass is 704 g/mol. The summed E-state index contributed by atoms with van der Waals surface area (Å²) in [6, 6.07) is 26.7. The molecule has 50 heavy (non-hydrogen) atoms. The van der Waals surface area contributed by atoms with Crippen molar-refractivity contribution in [3.05, 3.63) is 119 Å². The van der Waals surface area contributed by atoms with E-state index in [4.69, 9.17) is 13.8 Å². The number of nitrogens with one attached hydrogen (secondary N) is 2. The summed E-state index contributed by atoms with van der Waals surface area (Å²) >= 11 is 0. The Kier molecular flexibility index (Phi) is 11.2. The second-order valence-electron chi connectivity index (χ2n) is 12.5. The number of para-hydroxylation sites is 2. The van der Waals surface area contributed by atoms with Gasteiger partial charge < -0.3 is 24.4 Å². The van der Waals surface area contributed by atoms with Gasteiger partial charge >= 0.3 is 6.18 Å². The summed E-state index contributed by atoms with van der Waals surface area (Å²) in [5.74, 6) is 0.998. The van der Waals surface area contributed by atoms with Gasteiger partial charge in [-0.05, 0) is 60.7 Å². The molecule has 0 aliphatic carbocycles. The summed E-state index contributed by atoms with van der Waals surface area (Å²) in [5.41, 5.74) is 1.48. The van der Waals surface area contributed by atoms with Crippen LogP contribution in [0, 0.1) is 0 Å². The van der Waals surface area contributed by atoms with E-state index in [9.17, 15) is 22.8 Å². The van der Waals surface area contributed by atoms with Gasteiger partial charge in [0, 0.05) is 29.4 Å². The SMILES string of the molecule is CCCCNC(=O)C1(CCCCP2OCC(NC(=O)c3ccccc3-c3ccc(C(F)(F)F)cc3)CO2)c2ccccc2Oc2ccccc21. The van der Waals surface area contributed by atoms with Crippen LogP contribution < -0.4 is 15.4 Å². The van der Waals surface area contributed by atoms with Crippen molar-refractivity contribution in [3.63, 3.8) is 0 Å². The maximum atomic E-state index is 14.1. The number of hydrogen-bond donors (Lipinski definition) is 2. The number of carbonyl (C=O) groups is 2. The molecule has 11 heteroatoms. The molecule has 0 spiro atoms. The molecule has 0 bridgehead atoms. The van der Waals surface area contributed by atoms with E-state index in [-0.39, 0.29) is 31.1 Å². The standard InChI is InChI=1S/C39H40F3N2O5P/c1-2-3-23-43-37(46)38(32-14-6-8-16-34(32)49-35-17-9-7-15-33(35)38)22-10-11-24-50-47-25-29(26-48-50)44-36(45)31-13-5-4-12-30(31)27-18-20-28(21-19-27)39(40,41)42/h4-9,12-21,29H,2-3,10-11,22-26H2,1H3,(H,43,46)(H,44,45). The zero-order valence-corrected chi connectivity index (χ0v) is 28.7. The quantitative estimate of drug-likeness (QED) is 0.114. The average molecular weight is 705 g/mol. The molecule has 4 aromatic rings. The van der Waals surface area contributed by atoms with Gasteiger partial charge in [0.25, 0.3) is 5.91 Å². The minimum absolute atomic E-state index is 0.0245. The van der Waals surface area contributed by atoms with E-state index in [1.165, 1.54) is 12.1 Å². The van der Waals surface area contributed by atoms with Gasteiger partial charge in [0.1, 0.15) is 16.9 Å². The lowest BCUT2D eigenvalue weighted by atomic mass is 9.68. The predicted molar refractivity (Wildman–Crippen MR) is 187 cm³/mol. The van der Waals surface area contributed by atoms with Crippen LogP contribution in [0.15, 0.2) is 97.1 Å².